The summed E-state index contributed by atoms with van der Waals surface area (Å²) in [5.41, 5.74) is 0.457. The summed E-state index contributed by atoms with van der Waals surface area (Å²) in [6.07, 6.45) is 10.3. The van der Waals surface area contributed by atoms with Gasteiger partial charge in [-0.2, -0.15) is 0 Å². The van der Waals surface area contributed by atoms with E-state index in [1.165, 1.54) is 6.16 Å². The largest absolute Gasteiger partial charge is 0.113 e. The number of hydrogen-bond acceptors (Lipinski definition) is 0. The zero-order chi connectivity index (χ0) is 9.19. The Morgan fingerprint density at radius 3 is 2.08 bits per heavy atom. The Kier molecular flexibility index (Phi) is 3.12. The van der Waals surface area contributed by atoms with Crippen LogP contribution in [-0.2, 0) is 0 Å². The third kappa shape index (κ3) is 2.45. The van der Waals surface area contributed by atoms with Crippen molar-refractivity contribution >= 4 is 7.92 Å². The Hall–Kier alpha value is -0.0900. The summed E-state index contributed by atoms with van der Waals surface area (Å²) in [7, 11) is 0.228. The molecule has 0 fully saturated rings. The van der Waals surface area contributed by atoms with E-state index in [0.717, 1.165) is 0 Å². The van der Waals surface area contributed by atoms with Gasteiger partial charge in [0.2, 0.25) is 0 Å². The van der Waals surface area contributed by atoms with E-state index >= 15 is 0 Å². The predicted molar refractivity (Wildman–Crippen MR) is 59.2 cm³/mol. The van der Waals surface area contributed by atoms with Crippen LogP contribution in [0, 0.1) is 11.3 Å². The van der Waals surface area contributed by atoms with Crippen molar-refractivity contribution in [2.75, 3.05) is 19.5 Å². The smallest absolute Gasteiger partial charge is 0.000736 e. The lowest BCUT2D eigenvalue weighted by molar-refractivity contribution is 0.353. The van der Waals surface area contributed by atoms with Crippen LogP contribution in [0.4, 0.5) is 0 Å². The highest BCUT2D eigenvalue weighted by Gasteiger charge is 2.27. The van der Waals surface area contributed by atoms with E-state index < -0.39 is 0 Å². The molecule has 68 valence electrons. The van der Waals surface area contributed by atoms with Crippen molar-refractivity contribution in [3.8, 4) is 0 Å². The summed E-state index contributed by atoms with van der Waals surface area (Å²) in [5, 5.41) is 0. The predicted octanol–water partition coefficient (Wildman–Crippen LogP) is 3.50. The van der Waals surface area contributed by atoms with Gasteiger partial charge in [-0.3, -0.25) is 0 Å². The minimum Gasteiger partial charge on any atom is -0.113 e. The Morgan fingerprint density at radius 1 is 1.17 bits per heavy atom. The van der Waals surface area contributed by atoms with Gasteiger partial charge in [0.25, 0.3) is 0 Å². The van der Waals surface area contributed by atoms with Crippen LogP contribution in [0.15, 0.2) is 24.3 Å². The molecular formula is C11H19P. The van der Waals surface area contributed by atoms with Crippen molar-refractivity contribution in [1.82, 2.24) is 0 Å². The van der Waals surface area contributed by atoms with Crippen LogP contribution in [0.5, 0.6) is 0 Å². The second-order valence-corrected chi connectivity index (χ2v) is 7.00. The van der Waals surface area contributed by atoms with E-state index in [0.29, 0.717) is 11.3 Å². The number of rotatable bonds is 3. The molecule has 1 heteroatoms. The molecule has 0 aromatic rings. The van der Waals surface area contributed by atoms with Gasteiger partial charge in [-0.1, -0.05) is 38.2 Å². The van der Waals surface area contributed by atoms with Gasteiger partial charge in [0.15, 0.2) is 0 Å². The molecule has 0 bridgehead atoms. The number of hydrogen-bond donors (Lipinski definition) is 0. The van der Waals surface area contributed by atoms with Gasteiger partial charge >= 0.3 is 0 Å². The number of allylic oxidation sites excluding steroid dienone is 4. The van der Waals surface area contributed by atoms with Crippen LogP contribution >= 0.6 is 7.92 Å². The highest BCUT2D eigenvalue weighted by molar-refractivity contribution is 7.56. The average molecular weight is 182 g/mol. The minimum atomic E-state index is 0.228. The maximum absolute atomic E-state index is 2.38. The Labute approximate surface area is 77.5 Å². The van der Waals surface area contributed by atoms with Crippen LogP contribution in [-0.4, -0.2) is 19.5 Å². The van der Waals surface area contributed by atoms with Gasteiger partial charge in [-0.25, -0.2) is 0 Å². The molecule has 0 nitrogen and oxygen atoms in total. The maximum atomic E-state index is 2.38. The fraction of sp³-hybridized carbons (Fsp3) is 0.636. The molecule has 0 aromatic carbocycles. The highest BCUT2D eigenvalue weighted by Crippen LogP contribution is 2.41. The molecule has 0 saturated carbocycles. The van der Waals surface area contributed by atoms with E-state index in [4.69, 9.17) is 0 Å². The molecule has 0 unspecified atom stereocenters. The summed E-state index contributed by atoms with van der Waals surface area (Å²) in [6, 6.07) is 0. The second-order valence-electron chi connectivity index (χ2n) is 4.52. The Bertz CT molecular complexity index is 187. The molecular weight excluding hydrogens is 163 g/mol. The van der Waals surface area contributed by atoms with Crippen LogP contribution in [0.2, 0.25) is 0 Å². The van der Waals surface area contributed by atoms with Crippen LogP contribution in [0.3, 0.4) is 0 Å². The van der Waals surface area contributed by atoms with Crippen molar-refractivity contribution in [3.63, 3.8) is 0 Å². The quantitative estimate of drug-likeness (QED) is 0.586. The van der Waals surface area contributed by atoms with Gasteiger partial charge in [0.05, 0.1) is 0 Å². The summed E-state index contributed by atoms with van der Waals surface area (Å²) in [5.74, 6) is 0.669. The zero-order valence-electron chi connectivity index (χ0n) is 8.54. The van der Waals surface area contributed by atoms with Crippen molar-refractivity contribution in [1.29, 1.82) is 0 Å². The monoisotopic (exact) mass is 182 g/mol. The first kappa shape index (κ1) is 9.99. The van der Waals surface area contributed by atoms with Gasteiger partial charge < -0.3 is 0 Å². The summed E-state index contributed by atoms with van der Waals surface area (Å²) in [4.78, 5) is 0. The topological polar surface area (TPSA) is 0 Å². The van der Waals surface area contributed by atoms with Crippen molar-refractivity contribution in [3.05, 3.63) is 24.3 Å². The second kappa shape index (κ2) is 3.75. The van der Waals surface area contributed by atoms with Crippen LogP contribution in [0.25, 0.3) is 0 Å². The normalized spacial score (nSPS) is 18.1. The SMILES string of the molecule is CP(C)CC(C)(C)C1C=CC=C1. The fourth-order valence-electron chi connectivity index (χ4n) is 1.87. The molecule has 0 aliphatic heterocycles. The zero-order valence-corrected chi connectivity index (χ0v) is 9.44. The Morgan fingerprint density at radius 2 is 1.67 bits per heavy atom. The molecule has 1 aliphatic rings. The van der Waals surface area contributed by atoms with Crippen molar-refractivity contribution < 1.29 is 0 Å². The fourth-order valence-corrected chi connectivity index (χ4v) is 3.71. The molecule has 0 radical (unpaired) electrons. The van der Waals surface area contributed by atoms with E-state index in [1.54, 1.807) is 0 Å². The standard InChI is InChI=1S/C11H19P/c1-11(2,9-12(3)4)10-7-5-6-8-10/h5-8,10H,9H2,1-4H3. The van der Waals surface area contributed by atoms with Gasteiger partial charge in [-0.15, -0.1) is 7.92 Å². The first-order valence-corrected chi connectivity index (χ1v) is 6.94. The van der Waals surface area contributed by atoms with E-state index in [1.807, 2.05) is 0 Å². The molecule has 1 aliphatic carbocycles. The summed E-state index contributed by atoms with van der Waals surface area (Å²) >= 11 is 0. The molecule has 0 amide bonds. The lowest BCUT2D eigenvalue weighted by atomic mass is 9.82. The van der Waals surface area contributed by atoms with Crippen LogP contribution in [0.1, 0.15) is 13.8 Å². The molecule has 0 aromatic heterocycles. The van der Waals surface area contributed by atoms with E-state index in [-0.39, 0.29) is 7.92 Å². The molecule has 0 atom stereocenters. The Balaban J connectivity index is 2.58. The highest BCUT2D eigenvalue weighted by atomic mass is 31.1. The minimum absolute atomic E-state index is 0.228. The third-order valence-electron chi connectivity index (χ3n) is 2.37. The van der Waals surface area contributed by atoms with Gasteiger partial charge in [0, 0.05) is 5.92 Å². The van der Waals surface area contributed by atoms with Gasteiger partial charge in [0.1, 0.15) is 0 Å². The van der Waals surface area contributed by atoms with E-state index in [9.17, 15) is 0 Å². The first-order valence-electron chi connectivity index (χ1n) is 4.52. The van der Waals surface area contributed by atoms with Gasteiger partial charge in [-0.05, 0) is 24.9 Å². The molecule has 0 heterocycles. The molecule has 1 rings (SSSR count). The van der Waals surface area contributed by atoms with Crippen molar-refractivity contribution in [2.45, 2.75) is 13.8 Å². The lowest BCUT2D eigenvalue weighted by Gasteiger charge is -2.31. The average Bonchev–Trinajstić information content (AvgIpc) is 2.32. The molecule has 12 heavy (non-hydrogen) atoms. The molecule has 0 spiro atoms. The van der Waals surface area contributed by atoms with Crippen LogP contribution < -0.4 is 0 Å². The summed E-state index contributed by atoms with van der Waals surface area (Å²) in [6.45, 7) is 9.47. The third-order valence-corrected chi connectivity index (χ3v) is 3.82. The van der Waals surface area contributed by atoms with E-state index in [2.05, 4.69) is 51.5 Å². The first-order chi connectivity index (χ1) is 5.52. The summed E-state index contributed by atoms with van der Waals surface area (Å²) < 4.78 is 0. The maximum Gasteiger partial charge on any atom is 0.000736 e. The molecule has 0 saturated heterocycles. The van der Waals surface area contributed by atoms with Crippen molar-refractivity contribution in [2.24, 2.45) is 11.3 Å². The molecule has 0 N–H and O–H groups in total. The lowest BCUT2D eigenvalue weighted by Crippen LogP contribution is -2.23.